The van der Waals surface area contributed by atoms with Crippen LogP contribution in [0.25, 0.3) is 0 Å². The zero-order valence-corrected chi connectivity index (χ0v) is 19.2. The van der Waals surface area contributed by atoms with Crippen molar-refractivity contribution in [2.75, 3.05) is 0 Å². The van der Waals surface area contributed by atoms with E-state index in [9.17, 15) is 18.0 Å². The predicted octanol–water partition coefficient (Wildman–Crippen LogP) is 5.84. The van der Waals surface area contributed by atoms with Crippen LogP contribution in [0.4, 0.5) is 13.2 Å². The van der Waals surface area contributed by atoms with Gasteiger partial charge in [0.15, 0.2) is 0 Å². The Hall–Kier alpha value is -1.97. The fourth-order valence-electron chi connectivity index (χ4n) is 3.96. The van der Waals surface area contributed by atoms with Gasteiger partial charge in [-0.3, -0.25) is 4.79 Å². The molecule has 0 spiro atoms. The molecule has 0 saturated heterocycles. The fourth-order valence-corrected chi connectivity index (χ4v) is 5.57. The van der Waals surface area contributed by atoms with Crippen LogP contribution in [0.2, 0.25) is 10.0 Å². The van der Waals surface area contributed by atoms with E-state index in [1.807, 2.05) is 13.0 Å². The number of carbonyl (C=O) groups is 1. The second kappa shape index (κ2) is 7.27. The molecule has 5 nitrogen and oxygen atoms in total. The zero-order chi connectivity index (χ0) is 22.9. The van der Waals surface area contributed by atoms with Gasteiger partial charge in [0.05, 0.1) is 17.8 Å². The van der Waals surface area contributed by atoms with Gasteiger partial charge in [0.2, 0.25) is 0 Å². The summed E-state index contributed by atoms with van der Waals surface area (Å²) in [6, 6.07) is 5.57. The van der Waals surface area contributed by atoms with Gasteiger partial charge in [-0.2, -0.15) is 13.2 Å². The Kier molecular flexibility index (Phi) is 4.96. The van der Waals surface area contributed by atoms with Crippen molar-refractivity contribution >= 4 is 46.3 Å². The highest BCUT2D eigenvalue weighted by molar-refractivity contribution is 7.14. The summed E-state index contributed by atoms with van der Waals surface area (Å²) in [7, 11) is 0. The van der Waals surface area contributed by atoms with Gasteiger partial charge >= 0.3 is 6.18 Å². The molecule has 1 unspecified atom stereocenters. The van der Waals surface area contributed by atoms with Crippen LogP contribution in [0.3, 0.4) is 0 Å². The number of amidine groups is 1. The molecular weight excluding hydrogens is 486 g/mol. The van der Waals surface area contributed by atoms with Crippen LogP contribution in [0.1, 0.15) is 51.9 Å². The van der Waals surface area contributed by atoms with E-state index in [1.165, 1.54) is 29.5 Å². The van der Waals surface area contributed by atoms with Gasteiger partial charge in [-0.05, 0) is 49.6 Å². The van der Waals surface area contributed by atoms with E-state index in [2.05, 4.69) is 10.5 Å². The van der Waals surface area contributed by atoms with Gasteiger partial charge in [-0.15, -0.1) is 11.3 Å². The molecule has 2 aromatic rings. The largest absolute Gasteiger partial charge is 0.435 e. The molecule has 1 aliphatic carbocycles. The lowest BCUT2D eigenvalue weighted by molar-refractivity contribution is -0.275. The summed E-state index contributed by atoms with van der Waals surface area (Å²) in [6.07, 6.45) is -3.29. The van der Waals surface area contributed by atoms with Crippen LogP contribution in [-0.2, 0) is 23.5 Å². The Labute approximate surface area is 196 Å². The number of oxime groups is 1. The van der Waals surface area contributed by atoms with E-state index in [4.69, 9.17) is 28.0 Å². The molecule has 2 aliphatic heterocycles. The second-order valence-corrected chi connectivity index (χ2v) is 10.7. The summed E-state index contributed by atoms with van der Waals surface area (Å²) in [5.74, 6) is 0.0877. The van der Waals surface area contributed by atoms with E-state index in [0.29, 0.717) is 18.0 Å². The summed E-state index contributed by atoms with van der Waals surface area (Å²) >= 11 is 13.3. The third-order valence-corrected chi connectivity index (χ3v) is 7.69. The number of alkyl halides is 3. The summed E-state index contributed by atoms with van der Waals surface area (Å²) in [4.78, 5) is 20.8. The van der Waals surface area contributed by atoms with Crippen LogP contribution in [0, 0.1) is 0 Å². The second-order valence-electron chi connectivity index (χ2n) is 8.69. The Morgan fingerprint density at radius 1 is 1.19 bits per heavy atom. The monoisotopic (exact) mass is 503 g/mol. The van der Waals surface area contributed by atoms with Crippen molar-refractivity contribution in [3.8, 4) is 0 Å². The van der Waals surface area contributed by atoms with Crippen molar-refractivity contribution in [2.24, 2.45) is 5.16 Å². The van der Waals surface area contributed by atoms with Gasteiger partial charge in [-0.25, -0.2) is 0 Å². The normalized spacial score (nSPS) is 23.6. The first kappa shape index (κ1) is 21.9. The van der Waals surface area contributed by atoms with Crippen molar-refractivity contribution in [2.45, 2.75) is 56.6 Å². The minimum absolute atomic E-state index is 0.0855. The highest BCUT2D eigenvalue weighted by Crippen LogP contribution is 2.50. The first-order valence-electron chi connectivity index (χ1n) is 9.95. The van der Waals surface area contributed by atoms with Gasteiger partial charge in [0.25, 0.3) is 11.5 Å². The number of amides is 1. The number of hydrogen-bond acceptors (Lipinski definition) is 5. The number of thiophene rings is 1. The number of carbonyl (C=O) groups excluding carboxylic acids is 1. The summed E-state index contributed by atoms with van der Waals surface area (Å²) in [5, 5.41) is 7.01. The smallest absolute Gasteiger partial charge is 0.372 e. The number of halogens is 5. The maximum atomic E-state index is 14.2. The lowest BCUT2D eigenvalue weighted by atomic mass is 9.89. The maximum absolute atomic E-state index is 14.2. The molecule has 0 radical (unpaired) electrons. The van der Waals surface area contributed by atoms with Crippen molar-refractivity contribution in [1.29, 1.82) is 0 Å². The van der Waals surface area contributed by atoms with Crippen LogP contribution < -0.4 is 5.32 Å². The van der Waals surface area contributed by atoms with Crippen molar-refractivity contribution in [3.05, 3.63) is 55.2 Å². The molecule has 1 N–H and O–H groups in total. The summed E-state index contributed by atoms with van der Waals surface area (Å²) < 4.78 is 42.5. The van der Waals surface area contributed by atoms with E-state index in [-0.39, 0.29) is 32.9 Å². The van der Waals surface area contributed by atoms with Gasteiger partial charge < -0.3 is 15.1 Å². The molecule has 1 aromatic carbocycles. The third kappa shape index (κ3) is 3.74. The molecule has 0 bridgehead atoms. The van der Waals surface area contributed by atoms with Gasteiger partial charge in [0.1, 0.15) is 5.84 Å². The molecule has 170 valence electrons. The molecular formula is C21H18Cl2F3N3O2S. The molecule has 1 aromatic heterocycles. The predicted molar refractivity (Wildman–Crippen MR) is 116 cm³/mol. The average molecular weight is 504 g/mol. The molecule has 1 amide bonds. The summed E-state index contributed by atoms with van der Waals surface area (Å²) in [5.41, 5.74) is -2.04. The van der Waals surface area contributed by atoms with E-state index in [1.54, 1.807) is 4.90 Å². The standard InChI is InChI=1S/C21H18Cl2F3N3O2S/c1-19(2-3-19)27-18(30)15-4-11-9-29(10-16(11)32-15)17-8-20(31-28-17,21(24,25)26)12-5-13(22)7-14(23)6-12/h4-7H,2-3,8-10H2,1H3,(H,27,30). The van der Waals surface area contributed by atoms with Gasteiger partial charge in [0, 0.05) is 32.6 Å². The highest BCUT2D eigenvalue weighted by Gasteiger charge is 2.63. The number of nitrogens with one attached hydrogen (secondary N) is 1. The molecule has 1 atom stereocenters. The average Bonchev–Trinajstić information content (AvgIpc) is 3.06. The molecule has 1 fully saturated rings. The lowest BCUT2D eigenvalue weighted by Crippen LogP contribution is -2.43. The fraction of sp³-hybridized carbons (Fsp3) is 0.429. The topological polar surface area (TPSA) is 53.9 Å². The lowest BCUT2D eigenvalue weighted by Gasteiger charge is -2.30. The van der Waals surface area contributed by atoms with Crippen molar-refractivity contribution in [3.63, 3.8) is 0 Å². The Morgan fingerprint density at radius 2 is 1.88 bits per heavy atom. The minimum atomic E-state index is -4.74. The third-order valence-electron chi connectivity index (χ3n) is 6.10. The van der Waals surface area contributed by atoms with Crippen molar-refractivity contribution in [1.82, 2.24) is 10.2 Å². The SMILES string of the molecule is CC1(NC(=O)c2cc3c(s2)CN(C2=NOC(c4cc(Cl)cc(Cl)c4)(C(F)(F)F)C2)C3)CC1. The van der Waals surface area contributed by atoms with E-state index >= 15 is 0 Å². The molecule has 32 heavy (non-hydrogen) atoms. The highest BCUT2D eigenvalue weighted by atomic mass is 35.5. The van der Waals surface area contributed by atoms with Crippen LogP contribution in [-0.4, -0.2) is 28.4 Å². The molecule has 1 saturated carbocycles. The van der Waals surface area contributed by atoms with Crippen LogP contribution in [0.15, 0.2) is 29.4 Å². The van der Waals surface area contributed by atoms with Crippen LogP contribution in [0.5, 0.6) is 0 Å². The number of benzene rings is 1. The molecule has 11 heteroatoms. The first-order chi connectivity index (χ1) is 15.0. The Balaban J connectivity index is 1.33. The molecule has 5 rings (SSSR count). The van der Waals surface area contributed by atoms with Gasteiger partial charge in [-0.1, -0.05) is 28.4 Å². The number of rotatable bonds is 3. The number of nitrogens with zero attached hydrogens (tertiary/aromatic N) is 2. The Bertz CT molecular complexity index is 1100. The van der Waals surface area contributed by atoms with Crippen molar-refractivity contribution < 1.29 is 22.8 Å². The van der Waals surface area contributed by atoms with E-state index < -0.39 is 18.2 Å². The quantitative estimate of drug-likeness (QED) is 0.571. The summed E-state index contributed by atoms with van der Waals surface area (Å²) in [6.45, 7) is 2.74. The number of fused-ring (bicyclic) bond motifs is 1. The van der Waals surface area contributed by atoms with E-state index in [0.717, 1.165) is 23.3 Å². The first-order valence-corrected chi connectivity index (χ1v) is 11.5. The van der Waals surface area contributed by atoms with Crippen LogP contribution >= 0.6 is 34.5 Å². The maximum Gasteiger partial charge on any atom is 0.435 e. The molecule has 3 heterocycles. The molecule has 3 aliphatic rings. The Morgan fingerprint density at radius 3 is 2.47 bits per heavy atom. The number of hydrogen-bond donors (Lipinski definition) is 1. The minimum Gasteiger partial charge on any atom is -0.372 e. The zero-order valence-electron chi connectivity index (χ0n) is 16.9.